The molecule has 49 heavy (non-hydrogen) atoms. The molecule has 0 aromatic carbocycles. The van der Waals surface area contributed by atoms with Gasteiger partial charge in [0.2, 0.25) is 0 Å². The van der Waals surface area contributed by atoms with Crippen LogP contribution in [0.4, 0.5) is 0 Å². The predicted octanol–water partition coefficient (Wildman–Crippen LogP) is -19.1. The summed E-state index contributed by atoms with van der Waals surface area (Å²) in [6, 6.07) is -1.76. The average molecular weight is 787 g/mol. The van der Waals surface area contributed by atoms with Crippen molar-refractivity contribution in [3.05, 3.63) is 0 Å². The second-order valence-electron chi connectivity index (χ2n) is 10.2. The van der Waals surface area contributed by atoms with Crippen molar-refractivity contribution in [2.24, 2.45) is 5.73 Å². The van der Waals surface area contributed by atoms with Gasteiger partial charge in [0.1, 0.15) is 67.1 Å². The maximum absolute atomic E-state index is 11.3. The van der Waals surface area contributed by atoms with Crippen molar-refractivity contribution in [2.45, 2.75) is 92.1 Å². The number of rotatable bonds is 14. The molecule has 0 spiro atoms. The molecule has 3 saturated heterocycles. The third-order valence-electron chi connectivity index (χ3n) is 6.88. The smallest absolute Gasteiger partial charge is 0.790 e. The molecule has 0 aromatic rings. The first-order valence-electron chi connectivity index (χ1n) is 13.1. The molecule has 29 heteroatoms. The van der Waals surface area contributed by atoms with E-state index in [2.05, 4.69) is 8.71 Å². The molecule has 3 rings (SSSR count). The Kier molecular flexibility index (Phi) is 22.7. The predicted molar refractivity (Wildman–Crippen MR) is 129 cm³/mol. The van der Waals surface area contributed by atoms with E-state index in [1.165, 1.54) is 0 Å². The van der Waals surface area contributed by atoms with Crippen molar-refractivity contribution in [2.75, 3.05) is 26.4 Å². The van der Waals surface area contributed by atoms with E-state index in [4.69, 9.17) is 38.7 Å². The molecule has 3 aliphatic heterocycles. The van der Waals surface area contributed by atoms with E-state index >= 15 is 0 Å². The fraction of sp³-hybridized carbons (Fsp3) is 0.950. The van der Waals surface area contributed by atoms with Crippen LogP contribution in [0.2, 0.25) is 0 Å². The van der Waals surface area contributed by atoms with E-state index in [-0.39, 0.29) is 88.7 Å². The fourth-order valence-electron chi connectivity index (χ4n) is 4.52. The summed E-state index contributed by atoms with van der Waals surface area (Å²) in [7, 11) is -11.1. The zero-order valence-electron chi connectivity index (χ0n) is 26.1. The SMILES string of the molecule is N[C@@H](CO[C@@H]1OC[C@@H](O[C@@H]2O[C@H](COS(=O)(=O)O)[C@H](O)[C@H](O[C@@H]3O[C@H](CO)[C@H](O)[C@H](O)[C@H]3O)[C@H]2O)[C@H](O)[C@H]1OP(=O)([O-])[O-])C(=O)[O-].[Na+].[Na+].[Na+]. The molecule has 0 saturated carbocycles. The summed E-state index contributed by atoms with van der Waals surface area (Å²) in [5.74, 6) is -1.79. The second-order valence-corrected chi connectivity index (χ2v) is 12.4. The quantitative estimate of drug-likeness (QED) is 0.0448. The number of carbonyl (C=O) groups is 1. The zero-order chi connectivity index (χ0) is 34.7. The number of hydrogen-bond donors (Lipinski definition) is 9. The number of phosphoric acid groups is 1. The third-order valence-corrected chi connectivity index (χ3v) is 7.81. The van der Waals surface area contributed by atoms with Crippen LogP contribution in [0, 0.1) is 0 Å². The van der Waals surface area contributed by atoms with Crippen LogP contribution in [0.25, 0.3) is 0 Å². The summed E-state index contributed by atoms with van der Waals surface area (Å²) in [5.41, 5.74) is 5.25. The van der Waals surface area contributed by atoms with Gasteiger partial charge in [-0.2, -0.15) is 8.42 Å². The molecular formula is C20H33NNa3O23PS. The van der Waals surface area contributed by atoms with Crippen molar-refractivity contribution in [1.29, 1.82) is 0 Å². The van der Waals surface area contributed by atoms with Gasteiger partial charge < -0.3 is 98.7 Å². The Morgan fingerprint density at radius 3 is 1.96 bits per heavy atom. The molecule has 3 aliphatic rings. The van der Waals surface area contributed by atoms with Gasteiger partial charge in [0, 0.05) is 0 Å². The molecule has 24 nitrogen and oxygen atoms in total. The van der Waals surface area contributed by atoms with Crippen LogP contribution in [0.1, 0.15) is 0 Å². The first kappa shape index (κ1) is 50.9. The number of carboxylic acid groups (broad SMARTS) is 1. The second kappa shape index (κ2) is 21.8. The van der Waals surface area contributed by atoms with Gasteiger partial charge in [0.25, 0.3) is 0 Å². The van der Waals surface area contributed by atoms with Crippen LogP contribution >= 0.6 is 7.82 Å². The summed E-state index contributed by atoms with van der Waals surface area (Å²) in [6.07, 6.45) is -27.9. The minimum absolute atomic E-state index is 0. The number of carbonyl (C=O) groups excluding carboxylic acids is 1. The fourth-order valence-corrected chi connectivity index (χ4v) is 5.35. The van der Waals surface area contributed by atoms with E-state index in [1.807, 2.05) is 0 Å². The van der Waals surface area contributed by atoms with Gasteiger partial charge in [-0.25, -0.2) is 4.18 Å². The Labute approximate surface area is 344 Å². The molecule has 270 valence electrons. The van der Waals surface area contributed by atoms with Gasteiger partial charge in [-0.05, 0) is 0 Å². The van der Waals surface area contributed by atoms with Crippen LogP contribution < -0.4 is 109 Å². The van der Waals surface area contributed by atoms with Gasteiger partial charge in [-0.3, -0.25) is 4.55 Å². The summed E-state index contributed by atoms with van der Waals surface area (Å²) in [6.45, 7) is -3.73. The van der Waals surface area contributed by atoms with Crippen molar-refractivity contribution in [3.63, 3.8) is 0 Å². The van der Waals surface area contributed by atoms with Gasteiger partial charge in [-0.1, -0.05) is 0 Å². The van der Waals surface area contributed by atoms with E-state index in [9.17, 15) is 68.4 Å². The first-order chi connectivity index (χ1) is 21.2. The Morgan fingerprint density at radius 1 is 0.857 bits per heavy atom. The van der Waals surface area contributed by atoms with Crippen molar-refractivity contribution in [1.82, 2.24) is 0 Å². The van der Waals surface area contributed by atoms with E-state index in [0.29, 0.717) is 0 Å². The number of aliphatic carboxylic acids is 1. The van der Waals surface area contributed by atoms with Gasteiger partial charge in [0.05, 0.1) is 46.3 Å². The first-order valence-corrected chi connectivity index (χ1v) is 15.9. The van der Waals surface area contributed by atoms with Crippen LogP contribution in [0.3, 0.4) is 0 Å². The third kappa shape index (κ3) is 14.5. The van der Waals surface area contributed by atoms with Crippen LogP contribution in [-0.4, -0.2) is 173 Å². The Hall–Kier alpha value is 1.89. The molecule has 0 unspecified atom stereocenters. The molecular weight excluding hydrogens is 754 g/mol. The maximum atomic E-state index is 11.3. The monoisotopic (exact) mass is 787 g/mol. The molecule has 15 atom stereocenters. The minimum atomic E-state index is -5.91. The standard InChI is InChI=1S/C20H36NO23PS.3Na/c21-5(17(29)30)2-37-20-16(44-45(31,32)33)11(25)7(3-38-20)41-19-14(28)15(10(24)8(42-19)4-39-46(34,35)36)43-18-13(27)12(26)9(23)6(1-22)40-18;;;/h5-16,18-20,22-28H,1-4,21H2,(H,29,30)(H2,31,32,33)(H,34,35,36);;;/q;3*+1/p-3/t5-,6+,7+,8+,9-,10-,11-,12-,13+,14+,15-,16+,18-,19+,20+;;;/m0.../s1. The number of aliphatic hydroxyl groups excluding tert-OH is 7. The molecule has 0 amide bonds. The molecule has 3 heterocycles. The topological polar surface area (TPSA) is 399 Å². The van der Waals surface area contributed by atoms with Crippen LogP contribution in [0.5, 0.6) is 0 Å². The number of hydrogen-bond acceptors (Lipinski definition) is 23. The van der Waals surface area contributed by atoms with E-state index in [1.54, 1.807) is 0 Å². The number of carboxylic acids is 1. The zero-order valence-corrected chi connectivity index (χ0v) is 33.8. The van der Waals surface area contributed by atoms with Crippen molar-refractivity contribution < 1.29 is 199 Å². The maximum Gasteiger partial charge on any atom is 1.00 e. The van der Waals surface area contributed by atoms with Crippen molar-refractivity contribution in [3.8, 4) is 0 Å². The Bertz CT molecular complexity index is 1170. The average Bonchev–Trinajstić information content (AvgIpc) is 2.95. The minimum Gasteiger partial charge on any atom is -0.790 e. The van der Waals surface area contributed by atoms with E-state index < -0.39 is 143 Å². The Morgan fingerprint density at radius 2 is 1.43 bits per heavy atom. The molecule has 0 aliphatic carbocycles. The number of nitrogens with two attached hydrogens (primary N) is 1. The van der Waals surface area contributed by atoms with Crippen LogP contribution in [0.15, 0.2) is 0 Å². The summed E-state index contributed by atoms with van der Waals surface area (Å²) < 4.78 is 82.6. The summed E-state index contributed by atoms with van der Waals surface area (Å²) in [5, 5.41) is 83.2. The van der Waals surface area contributed by atoms with Crippen LogP contribution in [-0.2, 0) is 56.9 Å². The van der Waals surface area contributed by atoms with E-state index in [0.717, 1.165) is 0 Å². The largest absolute Gasteiger partial charge is 1.00 e. The van der Waals surface area contributed by atoms with Gasteiger partial charge >= 0.3 is 99.1 Å². The normalized spacial score (nSPS) is 39.1. The number of phosphoric ester groups is 1. The summed E-state index contributed by atoms with van der Waals surface area (Å²) in [4.78, 5) is 33.6. The molecule has 10 N–H and O–H groups in total. The van der Waals surface area contributed by atoms with Crippen molar-refractivity contribution >= 4 is 24.2 Å². The molecule has 0 bridgehead atoms. The molecule has 0 aromatic heterocycles. The Balaban J connectivity index is 0.00000768. The summed E-state index contributed by atoms with van der Waals surface area (Å²) >= 11 is 0. The van der Waals surface area contributed by atoms with Gasteiger partial charge in [-0.15, -0.1) is 0 Å². The molecule has 3 fully saturated rings. The number of aliphatic hydroxyl groups is 7. The number of ether oxygens (including phenoxy) is 6. The molecule has 0 radical (unpaired) electrons. The van der Waals surface area contributed by atoms with Gasteiger partial charge in [0.15, 0.2) is 18.9 Å².